The number of aromatic nitrogens is 2. The van der Waals surface area contributed by atoms with Gasteiger partial charge in [-0.25, -0.2) is 13.8 Å². The molecule has 1 aromatic carbocycles. The second-order valence-electron chi connectivity index (χ2n) is 7.71. The van der Waals surface area contributed by atoms with E-state index in [0.29, 0.717) is 38.2 Å². The number of ether oxygens (including phenoxy) is 1. The van der Waals surface area contributed by atoms with Gasteiger partial charge in [0.25, 0.3) is 0 Å². The van der Waals surface area contributed by atoms with Gasteiger partial charge in [-0.1, -0.05) is 0 Å². The van der Waals surface area contributed by atoms with Crippen LogP contribution in [-0.4, -0.2) is 35.1 Å². The molecule has 2 aliphatic heterocycles. The fraction of sp³-hybridized carbons (Fsp3) is 0.450. The number of nitrogens with zero attached hydrogens (tertiary/aromatic N) is 3. The standard InChI is InChI=1S/C20H22F2N4O2/c1-20(2)18-15(10-24-19(20)27)23-11-17(25-18)26-7-5-13(6-8-26)28-16-4-3-12(21)9-14(16)22/h3-4,9,11,13H,5-8,10H2,1-2H3,(H,24,27). The summed E-state index contributed by atoms with van der Waals surface area (Å²) in [5.74, 6) is -0.570. The molecule has 1 N–H and O–H groups in total. The third-order valence-corrected chi connectivity index (χ3v) is 5.37. The van der Waals surface area contributed by atoms with Gasteiger partial charge in [0.2, 0.25) is 5.91 Å². The molecule has 1 amide bonds. The predicted octanol–water partition coefficient (Wildman–Crippen LogP) is 2.71. The number of nitrogens with one attached hydrogen (secondary N) is 1. The van der Waals surface area contributed by atoms with E-state index in [1.807, 2.05) is 13.8 Å². The van der Waals surface area contributed by atoms with Gasteiger partial charge >= 0.3 is 0 Å². The maximum Gasteiger partial charge on any atom is 0.232 e. The van der Waals surface area contributed by atoms with E-state index in [9.17, 15) is 13.6 Å². The van der Waals surface area contributed by atoms with Crippen molar-refractivity contribution in [1.29, 1.82) is 0 Å². The van der Waals surface area contributed by atoms with Crippen LogP contribution in [0.3, 0.4) is 0 Å². The molecule has 1 saturated heterocycles. The molecule has 148 valence electrons. The van der Waals surface area contributed by atoms with Crippen molar-refractivity contribution in [2.24, 2.45) is 0 Å². The average Bonchev–Trinajstić information content (AvgIpc) is 2.68. The first-order valence-electron chi connectivity index (χ1n) is 9.36. The van der Waals surface area contributed by atoms with E-state index in [1.54, 1.807) is 6.20 Å². The Morgan fingerprint density at radius 3 is 2.71 bits per heavy atom. The van der Waals surface area contributed by atoms with Crippen LogP contribution in [0, 0.1) is 11.6 Å². The minimum atomic E-state index is -0.724. The number of rotatable bonds is 3. The summed E-state index contributed by atoms with van der Waals surface area (Å²) in [5, 5.41) is 2.84. The monoisotopic (exact) mass is 388 g/mol. The van der Waals surface area contributed by atoms with Gasteiger partial charge in [-0.2, -0.15) is 0 Å². The zero-order valence-electron chi connectivity index (χ0n) is 15.8. The van der Waals surface area contributed by atoms with E-state index in [2.05, 4.69) is 15.2 Å². The van der Waals surface area contributed by atoms with Crippen LogP contribution in [0.1, 0.15) is 38.1 Å². The number of carbonyl (C=O) groups excluding carboxylic acids is 1. The molecule has 0 atom stereocenters. The Bertz CT molecular complexity index is 911. The Labute approximate surface area is 161 Å². The van der Waals surface area contributed by atoms with Crippen molar-refractivity contribution in [2.75, 3.05) is 18.0 Å². The third-order valence-electron chi connectivity index (χ3n) is 5.37. The number of hydrogen-bond donors (Lipinski definition) is 1. The molecule has 8 heteroatoms. The summed E-state index contributed by atoms with van der Waals surface area (Å²) in [7, 11) is 0. The highest BCUT2D eigenvalue weighted by atomic mass is 19.1. The maximum absolute atomic E-state index is 13.8. The summed E-state index contributed by atoms with van der Waals surface area (Å²) in [6, 6.07) is 3.33. The zero-order chi connectivity index (χ0) is 19.9. The summed E-state index contributed by atoms with van der Waals surface area (Å²) in [5.41, 5.74) is 0.775. The lowest BCUT2D eigenvalue weighted by Gasteiger charge is -2.35. The minimum absolute atomic E-state index is 0.0557. The van der Waals surface area contributed by atoms with Crippen LogP contribution in [-0.2, 0) is 16.8 Å². The van der Waals surface area contributed by atoms with Crippen LogP contribution in [0.5, 0.6) is 5.75 Å². The van der Waals surface area contributed by atoms with Crippen molar-refractivity contribution < 1.29 is 18.3 Å². The molecule has 0 spiro atoms. The number of anilines is 1. The molecule has 28 heavy (non-hydrogen) atoms. The second kappa shape index (κ2) is 7.00. The van der Waals surface area contributed by atoms with Crippen molar-refractivity contribution in [1.82, 2.24) is 15.3 Å². The molecule has 2 aliphatic rings. The van der Waals surface area contributed by atoms with E-state index in [1.165, 1.54) is 12.1 Å². The molecular formula is C20H22F2N4O2. The van der Waals surface area contributed by atoms with Crippen molar-refractivity contribution in [2.45, 2.75) is 44.8 Å². The van der Waals surface area contributed by atoms with Crippen LogP contribution in [0.25, 0.3) is 0 Å². The molecule has 2 aromatic rings. The quantitative estimate of drug-likeness (QED) is 0.876. The fourth-order valence-electron chi connectivity index (χ4n) is 3.63. The first-order chi connectivity index (χ1) is 13.3. The fourth-order valence-corrected chi connectivity index (χ4v) is 3.63. The van der Waals surface area contributed by atoms with Crippen molar-refractivity contribution in [3.05, 3.63) is 47.4 Å². The average molecular weight is 388 g/mol. The highest BCUT2D eigenvalue weighted by Gasteiger charge is 2.38. The summed E-state index contributed by atoms with van der Waals surface area (Å²) in [4.78, 5) is 23.5. The van der Waals surface area contributed by atoms with Crippen LogP contribution >= 0.6 is 0 Å². The summed E-state index contributed by atoms with van der Waals surface area (Å²) >= 11 is 0. The van der Waals surface area contributed by atoms with Gasteiger partial charge in [-0.15, -0.1) is 0 Å². The normalized spacial score (nSPS) is 19.1. The number of carbonyl (C=O) groups is 1. The zero-order valence-corrected chi connectivity index (χ0v) is 15.8. The molecule has 3 heterocycles. The van der Waals surface area contributed by atoms with E-state index < -0.39 is 17.0 Å². The molecule has 0 aliphatic carbocycles. The van der Waals surface area contributed by atoms with Gasteiger partial charge in [-0.3, -0.25) is 9.78 Å². The smallest absolute Gasteiger partial charge is 0.232 e. The van der Waals surface area contributed by atoms with Crippen LogP contribution in [0.2, 0.25) is 0 Å². The minimum Gasteiger partial charge on any atom is -0.487 e. The Kier molecular flexibility index (Phi) is 4.64. The highest BCUT2D eigenvalue weighted by Crippen LogP contribution is 2.30. The van der Waals surface area contributed by atoms with E-state index >= 15 is 0 Å². The van der Waals surface area contributed by atoms with Crippen molar-refractivity contribution in [3.8, 4) is 5.75 Å². The Hall–Kier alpha value is -2.77. The summed E-state index contributed by atoms with van der Waals surface area (Å²) in [6.45, 7) is 5.43. The number of fused-ring (bicyclic) bond motifs is 1. The summed E-state index contributed by atoms with van der Waals surface area (Å²) < 4.78 is 32.5. The Balaban J connectivity index is 1.44. The number of halogens is 2. The molecule has 0 radical (unpaired) electrons. The largest absolute Gasteiger partial charge is 0.487 e. The van der Waals surface area contributed by atoms with Gasteiger partial charge in [0.15, 0.2) is 11.6 Å². The van der Waals surface area contributed by atoms with Gasteiger partial charge in [0, 0.05) is 32.0 Å². The van der Waals surface area contributed by atoms with Crippen LogP contribution in [0.15, 0.2) is 24.4 Å². The molecule has 0 bridgehead atoms. The van der Waals surface area contributed by atoms with Crippen molar-refractivity contribution >= 4 is 11.7 Å². The number of benzene rings is 1. The summed E-state index contributed by atoms with van der Waals surface area (Å²) in [6.07, 6.45) is 2.94. The SMILES string of the molecule is CC1(C)C(=O)NCc2ncc(N3CCC(Oc4ccc(F)cc4F)CC3)nc21. The van der Waals surface area contributed by atoms with E-state index in [4.69, 9.17) is 9.72 Å². The maximum atomic E-state index is 13.8. The Morgan fingerprint density at radius 2 is 2.00 bits per heavy atom. The number of piperidine rings is 1. The third kappa shape index (κ3) is 3.39. The number of amides is 1. The molecule has 6 nitrogen and oxygen atoms in total. The predicted molar refractivity (Wildman–Crippen MR) is 99.1 cm³/mol. The number of hydrogen-bond acceptors (Lipinski definition) is 5. The molecule has 1 fully saturated rings. The van der Waals surface area contributed by atoms with E-state index in [-0.39, 0.29) is 17.8 Å². The van der Waals surface area contributed by atoms with Crippen LogP contribution < -0.4 is 15.0 Å². The van der Waals surface area contributed by atoms with Crippen LogP contribution in [0.4, 0.5) is 14.6 Å². The van der Waals surface area contributed by atoms with Gasteiger partial charge in [0.05, 0.1) is 29.5 Å². The highest BCUT2D eigenvalue weighted by molar-refractivity contribution is 5.88. The Morgan fingerprint density at radius 1 is 1.25 bits per heavy atom. The van der Waals surface area contributed by atoms with Gasteiger partial charge in [-0.05, 0) is 26.0 Å². The molecule has 4 rings (SSSR count). The molecular weight excluding hydrogens is 366 g/mol. The second-order valence-corrected chi connectivity index (χ2v) is 7.71. The lowest BCUT2D eigenvalue weighted by atomic mass is 9.84. The topological polar surface area (TPSA) is 67.4 Å². The van der Waals surface area contributed by atoms with Gasteiger partial charge < -0.3 is 15.0 Å². The lowest BCUT2D eigenvalue weighted by molar-refractivity contribution is -0.126. The molecule has 0 unspecified atom stereocenters. The first-order valence-corrected chi connectivity index (χ1v) is 9.36. The first kappa shape index (κ1) is 18.6. The lowest BCUT2D eigenvalue weighted by Crippen LogP contribution is -2.46. The molecule has 0 saturated carbocycles. The molecule has 1 aromatic heterocycles. The van der Waals surface area contributed by atoms with Gasteiger partial charge in [0.1, 0.15) is 17.7 Å². The van der Waals surface area contributed by atoms with E-state index in [0.717, 1.165) is 17.6 Å². The van der Waals surface area contributed by atoms with Crippen molar-refractivity contribution in [3.63, 3.8) is 0 Å².